The molecular weight excluding hydrogens is 274 g/mol. The number of carbonyl (C=O) groups excluding carboxylic acids is 2. The molecule has 2 amide bonds. The number of likely N-dealkylation sites (N-methyl/N-ethyl adjacent to an activating group) is 1. The number of hydrogen-bond acceptors (Lipinski definition) is 5. The fourth-order valence-corrected chi connectivity index (χ4v) is 2.12. The third-order valence-electron chi connectivity index (χ3n) is 3.39. The minimum absolute atomic E-state index is 0.0654. The van der Waals surface area contributed by atoms with Crippen LogP contribution in [0.3, 0.4) is 0 Å². The summed E-state index contributed by atoms with van der Waals surface area (Å²) in [5.74, 6) is -0.256. The Labute approximate surface area is 126 Å². The second-order valence-electron chi connectivity index (χ2n) is 5.16. The molecule has 1 fully saturated rings. The number of carbonyl (C=O) groups is 2. The monoisotopic (exact) mass is 301 g/mol. The van der Waals surface area contributed by atoms with Gasteiger partial charge in [0.2, 0.25) is 11.8 Å². The van der Waals surface area contributed by atoms with Crippen LogP contribution in [0.25, 0.3) is 0 Å². The molecule has 0 saturated carbocycles. The Hall–Kier alpha value is -1.18. The highest BCUT2D eigenvalue weighted by atomic mass is 16.5. The number of hydrogen-bond donors (Lipinski definition) is 2. The lowest BCUT2D eigenvalue weighted by atomic mass is 10.1. The van der Waals surface area contributed by atoms with Gasteiger partial charge in [0.1, 0.15) is 0 Å². The van der Waals surface area contributed by atoms with Gasteiger partial charge in [0, 0.05) is 20.7 Å². The summed E-state index contributed by atoms with van der Waals surface area (Å²) in [7, 11) is 3.20. The van der Waals surface area contributed by atoms with Gasteiger partial charge in [-0.1, -0.05) is 0 Å². The van der Waals surface area contributed by atoms with Crippen LogP contribution in [-0.4, -0.2) is 76.4 Å². The number of nitrogens with zero attached hydrogens (tertiary/aromatic N) is 1. The number of piperidine rings is 1. The van der Waals surface area contributed by atoms with Crippen molar-refractivity contribution in [3.63, 3.8) is 0 Å². The molecule has 2 N–H and O–H groups in total. The first-order valence-electron chi connectivity index (χ1n) is 7.45. The van der Waals surface area contributed by atoms with Crippen molar-refractivity contribution in [1.29, 1.82) is 0 Å². The Bertz CT molecular complexity index is 319. The molecule has 0 atom stereocenters. The minimum Gasteiger partial charge on any atom is -0.383 e. The van der Waals surface area contributed by atoms with E-state index in [0.717, 1.165) is 25.9 Å². The van der Waals surface area contributed by atoms with E-state index in [0.29, 0.717) is 26.2 Å². The first-order valence-corrected chi connectivity index (χ1v) is 7.45. The number of methoxy groups -OCH3 is 1. The molecule has 0 radical (unpaired) electrons. The van der Waals surface area contributed by atoms with Crippen LogP contribution in [0.5, 0.6) is 0 Å². The Morgan fingerprint density at radius 2 is 2.00 bits per heavy atom. The summed E-state index contributed by atoms with van der Waals surface area (Å²) >= 11 is 0. The smallest absolute Gasteiger partial charge is 0.239 e. The summed E-state index contributed by atoms with van der Waals surface area (Å²) in [6.07, 6.45) is 2.55. The Morgan fingerprint density at radius 3 is 2.67 bits per heavy atom. The normalized spacial score (nSPS) is 15.7. The molecule has 1 aliphatic rings. The number of amides is 2. The van der Waals surface area contributed by atoms with E-state index in [2.05, 4.69) is 10.6 Å². The van der Waals surface area contributed by atoms with Gasteiger partial charge < -0.3 is 25.0 Å². The standard InChI is InChI=1S/C14H27N3O4/c1-17(11-13(18)16-8-10-20-2)14(19)5-9-21-12-3-6-15-7-4-12/h12,15H,3-11H2,1-2H3,(H,16,18). The van der Waals surface area contributed by atoms with E-state index in [4.69, 9.17) is 9.47 Å². The Balaban J connectivity index is 2.10. The lowest BCUT2D eigenvalue weighted by Crippen LogP contribution is -2.40. The van der Waals surface area contributed by atoms with Crippen molar-refractivity contribution >= 4 is 11.8 Å². The molecular formula is C14H27N3O4. The second kappa shape index (κ2) is 10.5. The number of nitrogens with one attached hydrogen (secondary N) is 2. The quantitative estimate of drug-likeness (QED) is 0.554. The second-order valence-corrected chi connectivity index (χ2v) is 5.16. The van der Waals surface area contributed by atoms with Gasteiger partial charge in [0.05, 0.1) is 32.3 Å². The molecule has 0 spiro atoms. The summed E-state index contributed by atoms with van der Waals surface area (Å²) in [6.45, 7) is 3.35. The summed E-state index contributed by atoms with van der Waals surface area (Å²) in [5, 5.41) is 5.95. The van der Waals surface area contributed by atoms with E-state index in [1.165, 1.54) is 4.90 Å². The SMILES string of the molecule is COCCNC(=O)CN(C)C(=O)CCOC1CCNCC1. The van der Waals surface area contributed by atoms with Crippen molar-refractivity contribution in [3.05, 3.63) is 0 Å². The zero-order valence-corrected chi connectivity index (χ0v) is 13.0. The third kappa shape index (κ3) is 7.99. The van der Waals surface area contributed by atoms with Crippen LogP contribution in [0.1, 0.15) is 19.3 Å². The van der Waals surface area contributed by atoms with Crippen LogP contribution in [0.15, 0.2) is 0 Å². The fourth-order valence-electron chi connectivity index (χ4n) is 2.12. The summed E-state index contributed by atoms with van der Waals surface area (Å²) in [6, 6.07) is 0. The highest BCUT2D eigenvalue weighted by Gasteiger charge is 2.16. The average Bonchev–Trinajstić information content (AvgIpc) is 2.48. The van der Waals surface area contributed by atoms with E-state index in [1.54, 1.807) is 14.2 Å². The predicted molar refractivity (Wildman–Crippen MR) is 79.0 cm³/mol. The fraction of sp³-hybridized carbons (Fsp3) is 0.857. The summed E-state index contributed by atoms with van der Waals surface area (Å²) in [5.41, 5.74) is 0. The molecule has 0 aromatic heterocycles. The molecule has 0 aromatic rings. The van der Waals surface area contributed by atoms with E-state index in [-0.39, 0.29) is 24.5 Å². The van der Waals surface area contributed by atoms with Crippen molar-refractivity contribution in [3.8, 4) is 0 Å². The lowest BCUT2D eigenvalue weighted by molar-refractivity contribution is -0.136. The molecule has 1 saturated heterocycles. The molecule has 1 heterocycles. The van der Waals surface area contributed by atoms with Crippen molar-refractivity contribution < 1.29 is 19.1 Å². The van der Waals surface area contributed by atoms with Gasteiger partial charge in [-0.25, -0.2) is 0 Å². The van der Waals surface area contributed by atoms with Crippen LogP contribution in [0, 0.1) is 0 Å². The van der Waals surface area contributed by atoms with Gasteiger partial charge in [0.15, 0.2) is 0 Å². The molecule has 7 heteroatoms. The van der Waals surface area contributed by atoms with Gasteiger partial charge in [-0.15, -0.1) is 0 Å². The lowest BCUT2D eigenvalue weighted by Gasteiger charge is -2.23. The van der Waals surface area contributed by atoms with Crippen molar-refractivity contribution in [2.24, 2.45) is 0 Å². The van der Waals surface area contributed by atoms with Crippen LogP contribution in [-0.2, 0) is 19.1 Å². The molecule has 122 valence electrons. The van der Waals surface area contributed by atoms with Gasteiger partial charge in [-0.2, -0.15) is 0 Å². The average molecular weight is 301 g/mol. The van der Waals surface area contributed by atoms with Crippen molar-refractivity contribution in [2.45, 2.75) is 25.4 Å². The van der Waals surface area contributed by atoms with Gasteiger partial charge in [-0.3, -0.25) is 9.59 Å². The Morgan fingerprint density at radius 1 is 1.29 bits per heavy atom. The van der Waals surface area contributed by atoms with Gasteiger partial charge in [-0.05, 0) is 25.9 Å². The summed E-state index contributed by atoms with van der Waals surface area (Å²) < 4.78 is 10.5. The zero-order chi connectivity index (χ0) is 15.5. The van der Waals surface area contributed by atoms with E-state index < -0.39 is 0 Å². The van der Waals surface area contributed by atoms with Crippen LogP contribution in [0.2, 0.25) is 0 Å². The van der Waals surface area contributed by atoms with E-state index in [9.17, 15) is 9.59 Å². The third-order valence-corrected chi connectivity index (χ3v) is 3.39. The molecule has 1 aliphatic heterocycles. The molecule has 0 aromatic carbocycles. The maximum Gasteiger partial charge on any atom is 0.239 e. The molecule has 0 aliphatic carbocycles. The molecule has 0 unspecified atom stereocenters. The van der Waals surface area contributed by atoms with Gasteiger partial charge in [0.25, 0.3) is 0 Å². The van der Waals surface area contributed by atoms with Crippen molar-refractivity contribution in [1.82, 2.24) is 15.5 Å². The highest BCUT2D eigenvalue weighted by molar-refractivity contribution is 5.84. The largest absolute Gasteiger partial charge is 0.383 e. The zero-order valence-electron chi connectivity index (χ0n) is 13.0. The minimum atomic E-state index is -0.179. The van der Waals surface area contributed by atoms with Crippen LogP contribution in [0.4, 0.5) is 0 Å². The molecule has 21 heavy (non-hydrogen) atoms. The van der Waals surface area contributed by atoms with E-state index >= 15 is 0 Å². The van der Waals surface area contributed by atoms with Crippen molar-refractivity contribution in [2.75, 3.05) is 53.6 Å². The van der Waals surface area contributed by atoms with E-state index in [1.807, 2.05) is 0 Å². The first-order chi connectivity index (χ1) is 10.1. The topological polar surface area (TPSA) is 79.9 Å². The molecule has 0 bridgehead atoms. The highest BCUT2D eigenvalue weighted by Crippen LogP contribution is 2.07. The van der Waals surface area contributed by atoms with Crippen LogP contribution >= 0.6 is 0 Å². The maximum absolute atomic E-state index is 11.9. The number of ether oxygens (including phenoxy) is 2. The first kappa shape index (κ1) is 17.9. The van der Waals surface area contributed by atoms with Gasteiger partial charge >= 0.3 is 0 Å². The predicted octanol–water partition coefficient (Wildman–Crippen LogP) is -0.634. The Kier molecular flexibility index (Phi) is 8.96. The molecule has 7 nitrogen and oxygen atoms in total. The maximum atomic E-state index is 11.9. The number of rotatable bonds is 9. The molecule has 1 rings (SSSR count). The van der Waals surface area contributed by atoms with Crippen LogP contribution < -0.4 is 10.6 Å². The summed E-state index contributed by atoms with van der Waals surface area (Å²) in [4.78, 5) is 24.9.